The van der Waals surface area contributed by atoms with Crippen LogP contribution in [0.1, 0.15) is 0 Å². The number of furan rings is 3. The van der Waals surface area contributed by atoms with Crippen molar-refractivity contribution in [2.45, 2.75) is 0 Å². The number of nitrogens with zero attached hydrogens (tertiary/aromatic N) is 3. The van der Waals surface area contributed by atoms with Gasteiger partial charge < -0.3 is 13.3 Å². The largest absolute Gasteiger partial charge is 0.456 e. The minimum atomic E-state index is 0.537. The highest BCUT2D eigenvalue weighted by Crippen LogP contribution is 2.44. The molecule has 0 aliphatic carbocycles. The van der Waals surface area contributed by atoms with Crippen LogP contribution >= 0.6 is 0 Å². The van der Waals surface area contributed by atoms with E-state index >= 15 is 0 Å². The van der Waals surface area contributed by atoms with Gasteiger partial charge in [0, 0.05) is 60.1 Å². The predicted molar refractivity (Wildman–Crippen MR) is 229 cm³/mol. The Labute approximate surface area is 325 Å². The molecule has 12 aromatic rings. The molecule has 0 N–H and O–H groups in total. The van der Waals surface area contributed by atoms with Gasteiger partial charge >= 0.3 is 0 Å². The summed E-state index contributed by atoms with van der Waals surface area (Å²) in [5.74, 6) is 1.64. The Kier molecular flexibility index (Phi) is 6.83. The van der Waals surface area contributed by atoms with Crippen LogP contribution in [0.3, 0.4) is 0 Å². The van der Waals surface area contributed by atoms with Gasteiger partial charge in [-0.05, 0) is 59.7 Å². The van der Waals surface area contributed by atoms with Crippen molar-refractivity contribution >= 4 is 65.8 Å². The Bertz CT molecular complexity index is 3540. The van der Waals surface area contributed by atoms with Gasteiger partial charge in [-0.1, -0.05) is 127 Å². The lowest BCUT2D eigenvalue weighted by molar-refractivity contribution is 0.665. The van der Waals surface area contributed by atoms with Gasteiger partial charge in [-0.2, -0.15) is 0 Å². The molecule has 266 valence electrons. The molecule has 0 fully saturated rings. The van der Waals surface area contributed by atoms with Crippen molar-refractivity contribution in [3.05, 3.63) is 176 Å². The molecule has 0 spiro atoms. The zero-order chi connectivity index (χ0) is 37.5. The van der Waals surface area contributed by atoms with Crippen molar-refractivity contribution in [1.82, 2.24) is 15.0 Å². The zero-order valence-corrected chi connectivity index (χ0v) is 30.3. The maximum atomic E-state index is 6.77. The fraction of sp³-hybridized carbons (Fsp3) is 0. The Hall–Kier alpha value is -7.83. The summed E-state index contributed by atoms with van der Waals surface area (Å²) in [5, 5.41) is 6.14. The van der Waals surface area contributed by atoms with Crippen LogP contribution in [0, 0.1) is 0 Å². The molecule has 6 nitrogen and oxygen atoms in total. The van der Waals surface area contributed by atoms with Gasteiger partial charge in [-0.15, -0.1) is 0 Å². The molecule has 0 unspecified atom stereocenters. The average Bonchev–Trinajstić information content (AvgIpc) is 3.98. The van der Waals surface area contributed by atoms with Crippen molar-refractivity contribution < 1.29 is 13.3 Å². The molecule has 0 atom stereocenters. The number of aromatic nitrogens is 3. The summed E-state index contributed by atoms with van der Waals surface area (Å²) in [5.41, 5.74) is 11.4. The average molecular weight is 732 g/mol. The maximum Gasteiger partial charge on any atom is 0.164 e. The van der Waals surface area contributed by atoms with E-state index in [-0.39, 0.29) is 0 Å². The lowest BCUT2D eigenvalue weighted by Crippen LogP contribution is -2.01. The summed E-state index contributed by atoms with van der Waals surface area (Å²) in [6.45, 7) is 0. The molecule has 6 heteroatoms. The van der Waals surface area contributed by atoms with Crippen LogP contribution in [0.15, 0.2) is 189 Å². The molecule has 12 rings (SSSR count). The van der Waals surface area contributed by atoms with E-state index in [1.807, 2.05) is 78.9 Å². The normalized spacial score (nSPS) is 11.9. The van der Waals surface area contributed by atoms with E-state index < -0.39 is 0 Å². The second kappa shape index (κ2) is 12.3. The summed E-state index contributed by atoms with van der Waals surface area (Å²) in [4.78, 5) is 15.6. The molecular weight excluding hydrogens is 703 g/mol. The molecular formula is C51H29N3O3. The second-order valence-electron chi connectivity index (χ2n) is 14.3. The first-order valence-corrected chi connectivity index (χ1v) is 18.9. The molecule has 4 aromatic heterocycles. The van der Waals surface area contributed by atoms with Gasteiger partial charge in [0.15, 0.2) is 17.5 Å². The van der Waals surface area contributed by atoms with E-state index in [9.17, 15) is 0 Å². The Morgan fingerprint density at radius 3 is 1.61 bits per heavy atom. The molecule has 0 aliphatic heterocycles. The van der Waals surface area contributed by atoms with Crippen LogP contribution in [-0.2, 0) is 0 Å². The van der Waals surface area contributed by atoms with Crippen LogP contribution < -0.4 is 0 Å². The van der Waals surface area contributed by atoms with E-state index in [0.717, 1.165) is 105 Å². The van der Waals surface area contributed by atoms with Crippen molar-refractivity contribution in [2.24, 2.45) is 0 Å². The standard InChI is InChI=1S/C51H29N3O3/c1-2-12-30(13-3-1)31-14-10-15-32(28-31)49-52-50(33-24-25-36-34-16-4-7-21-42(34)55-45(36)29-33)54-51(53-49)41-27-26-39(48-46(41)40-18-6-9-23-44(40)57-48)38-20-11-19-37-35-17-5-8-22-43(35)56-47(37)38/h1-29H. The van der Waals surface area contributed by atoms with Crippen LogP contribution in [0.25, 0.3) is 122 Å². The van der Waals surface area contributed by atoms with Crippen molar-refractivity contribution in [3.63, 3.8) is 0 Å². The van der Waals surface area contributed by atoms with E-state index in [2.05, 4.69) is 97.1 Å². The molecule has 0 saturated heterocycles. The molecule has 0 radical (unpaired) electrons. The van der Waals surface area contributed by atoms with Gasteiger partial charge in [-0.25, -0.2) is 15.0 Å². The maximum absolute atomic E-state index is 6.77. The van der Waals surface area contributed by atoms with Gasteiger partial charge in [0.1, 0.15) is 33.5 Å². The summed E-state index contributed by atoms with van der Waals surface area (Å²) in [6.07, 6.45) is 0. The zero-order valence-electron chi connectivity index (χ0n) is 30.3. The predicted octanol–water partition coefficient (Wildman–Crippen LogP) is 13.9. The third-order valence-corrected chi connectivity index (χ3v) is 11.0. The van der Waals surface area contributed by atoms with Crippen LogP contribution in [0.5, 0.6) is 0 Å². The van der Waals surface area contributed by atoms with Crippen LogP contribution in [0.2, 0.25) is 0 Å². The smallest absolute Gasteiger partial charge is 0.164 e. The number of hydrogen-bond acceptors (Lipinski definition) is 6. The summed E-state index contributed by atoms with van der Waals surface area (Å²) in [7, 11) is 0. The monoisotopic (exact) mass is 731 g/mol. The molecule has 57 heavy (non-hydrogen) atoms. The highest BCUT2D eigenvalue weighted by molar-refractivity contribution is 6.18. The molecule has 0 amide bonds. The molecule has 4 heterocycles. The van der Waals surface area contributed by atoms with E-state index in [0.29, 0.717) is 17.5 Å². The topological polar surface area (TPSA) is 78.1 Å². The second-order valence-corrected chi connectivity index (χ2v) is 14.3. The molecule has 0 saturated carbocycles. The Morgan fingerprint density at radius 1 is 0.281 bits per heavy atom. The first-order chi connectivity index (χ1) is 28.2. The summed E-state index contributed by atoms with van der Waals surface area (Å²) in [6, 6.07) is 59.8. The third-order valence-electron chi connectivity index (χ3n) is 11.0. The number of rotatable bonds is 5. The van der Waals surface area contributed by atoms with Crippen molar-refractivity contribution in [3.8, 4) is 56.4 Å². The number of hydrogen-bond donors (Lipinski definition) is 0. The first-order valence-electron chi connectivity index (χ1n) is 18.9. The molecule has 0 bridgehead atoms. The van der Waals surface area contributed by atoms with Crippen LogP contribution in [-0.4, -0.2) is 15.0 Å². The number of fused-ring (bicyclic) bond motifs is 9. The fourth-order valence-corrected chi connectivity index (χ4v) is 8.27. The number of benzene rings is 8. The minimum absolute atomic E-state index is 0.537. The number of para-hydroxylation sites is 4. The van der Waals surface area contributed by atoms with E-state index in [1.54, 1.807) is 0 Å². The quantitative estimate of drug-likeness (QED) is 0.175. The van der Waals surface area contributed by atoms with E-state index in [1.165, 1.54) is 0 Å². The minimum Gasteiger partial charge on any atom is -0.456 e. The van der Waals surface area contributed by atoms with Crippen molar-refractivity contribution in [1.29, 1.82) is 0 Å². The first kappa shape index (κ1) is 31.5. The molecule has 8 aromatic carbocycles. The van der Waals surface area contributed by atoms with Crippen LogP contribution in [0.4, 0.5) is 0 Å². The Balaban J connectivity index is 1.11. The lowest BCUT2D eigenvalue weighted by atomic mass is 9.96. The fourth-order valence-electron chi connectivity index (χ4n) is 8.27. The Morgan fingerprint density at radius 2 is 0.807 bits per heavy atom. The van der Waals surface area contributed by atoms with Gasteiger partial charge in [0.25, 0.3) is 0 Å². The summed E-state index contributed by atoms with van der Waals surface area (Å²) >= 11 is 0. The molecule has 0 aliphatic rings. The highest BCUT2D eigenvalue weighted by atomic mass is 16.3. The lowest BCUT2D eigenvalue weighted by Gasteiger charge is -2.12. The third kappa shape index (κ3) is 5.01. The van der Waals surface area contributed by atoms with E-state index in [4.69, 9.17) is 28.2 Å². The highest BCUT2D eigenvalue weighted by Gasteiger charge is 2.23. The SMILES string of the molecule is c1ccc(-c2cccc(-c3nc(-c4ccc5c(c4)oc4ccccc45)nc(-c4ccc(-c5cccc6c5oc5ccccc56)c5oc6ccccc6c45)n3)c2)cc1. The summed E-state index contributed by atoms with van der Waals surface area (Å²) < 4.78 is 19.6. The van der Waals surface area contributed by atoms with Gasteiger partial charge in [0.05, 0.1) is 0 Å². The van der Waals surface area contributed by atoms with Gasteiger partial charge in [0.2, 0.25) is 0 Å². The van der Waals surface area contributed by atoms with Gasteiger partial charge in [-0.3, -0.25) is 0 Å². The van der Waals surface area contributed by atoms with Crippen molar-refractivity contribution in [2.75, 3.05) is 0 Å².